The number of hydrogen-bond donors (Lipinski definition) is 1. The van der Waals surface area contributed by atoms with E-state index in [0.29, 0.717) is 0 Å². The highest BCUT2D eigenvalue weighted by molar-refractivity contribution is 4.96. The highest BCUT2D eigenvalue weighted by Crippen LogP contribution is 2.35. The van der Waals surface area contributed by atoms with Crippen LogP contribution in [0.3, 0.4) is 0 Å². The Morgan fingerprint density at radius 1 is 1.15 bits per heavy atom. The quantitative estimate of drug-likeness (QED) is 0.831. The standard InChI is InChI=1S/C17H33N3/c1-4-19-8-7-14(10-19)11-20-12-16(15-5-6-15)18-9-17(20)13(2)3/h13-18H,4-12H2,1-3H3. The molecule has 1 aliphatic carbocycles. The monoisotopic (exact) mass is 279 g/mol. The number of nitrogens with one attached hydrogen (secondary N) is 1. The van der Waals surface area contributed by atoms with Crippen LogP contribution in [0.2, 0.25) is 0 Å². The second kappa shape index (κ2) is 6.33. The van der Waals surface area contributed by atoms with Gasteiger partial charge in [0.05, 0.1) is 0 Å². The summed E-state index contributed by atoms with van der Waals surface area (Å²) >= 11 is 0. The van der Waals surface area contributed by atoms with Crippen LogP contribution in [0.4, 0.5) is 0 Å². The summed E-state index contributed by atoms with van der Waals surface area (Å²) in [5.74, 6) is 2.67. The van der Waals surface area contributed by atoms with Crippen molar-refractivity contribution in [1.29, 1.82) is 0 Å². The Hall–Kier alpha value is -0.120. The van der Waals surface area contributed by atoms with Crippen LogP contribution in [0.25, 0.3) is 0 Å². The van der Waals surface area contributed by atoms with Crippen LogP contribution >= 0.6 is 0 Å². The molecule has 0 bridgehead atoms. The van der Waals surface area contributed by atoms with Crippen LogP contribution in [0, 0.1) is 17.8 Å². The fraction of sp³-hybridized carbons (Fsp3) is 1.00. The molecule has 3 unspecified atom stereocenters. The van der Waals surface area contributed by atoms with Gasteiger partial charge in [-0.2, -0.15) is 0 Å². The lowest BCUT2D eigenvalue weighted by atomic mass is 9.95. The summed E-state index contributed by atoms with van der Waals surface area (Å²) in [7, 11) is 0. The molecular formula is C17H33N3. The zero-order valence-corrected chi connectivity index (χ0v) is 13.6. The Bertz CT molecular complexity index is 313. The van der Waals surface area contributed by atoms with Crippen LogP contribution in [-0.4, -0.2) is 61.2 Å². The van der Waals surface area contributed by atoms with E-state index in [0.717, 1.165) is 29.8 Å². The van der Waals surface area contributed by atoms with Crippen molar-refractivity contribution < 1.29 is 0 Å². The summed E-state index contributed by atoms with van der Waals surface area (Å²) in [5, 5.41) is 3.84. The van der Waals surface area contributed by atoms with Crippen LogP contribution in [-0.2, 0) is 0 Å². The van der Waals surface area contributed by atoms with E-state index < -0.39 is 0 Å². The van der Waals surface area contributed by atoms with Crippen molar-refractivity contribution in [2.75, 3.05) is 39.3 Å². The number of nitrogens with zero attached hydrogens (tertiary/aromatic N) is 2. The summed E-state index contributed by atoms with van der Waals surface area (Å²) < 4.78 is 0. The van der Waals surface area contributed by atoms with Gasteiger partial charge < -0.3 is 10.2 Å². The molecule has 0 aromatic heterocycles. The van der Waals surface area contributed by atoms with Crippen LogP contribution < -0.4 is 5.32 Å². The fourth-order valence-electron chi connectivity index (χ4n) is 4.22. The first kappa shape index (κ1) is 14.8. The normalized spacial score (nSPS) is 36.9. The topological polar surface area (TPSA) is 18.5 Å². The van der Waals surface area contributed by atoms with Gasteiger partial charge >= 0.3 is 0 Å². The predicted octanol–water partition coefficient (Wildman–Crippen LogP) is 2.04. The zero-order chi connectivity index (χ0) is 14.1. The number of hydrogen-bond acceptors (Lipinski definition) is 3. The molecule has 3 fully saturated rings. The van der Waals surface area contributed by atoms with E-state index in [9.17, 15) is 0 Å². The third kappa shape index (κ3) is 3.37. The molecule has 20 heavy (non-hydrogen) atoms. The third-order valence-electron chi connectivity index (χ3n) is 5.76. The molecule has 3 atom stereocenters. The average molecular weight is 279 g/mol. The van der Waals surface area contributed by atoms with Gasteiger partial charge in [-0.25, -0.2) is 0 Å². The maximum Gasteiger partial charge on any atom is 0.0244 e. The van der Waals surface area contributed by atoms with Gasteiger partial charge in [0.25, 0.3) is 0 Å². The van der Waals surface area contributed by atoms with Crippen molar-refractivity contribution in [3.05, 3.63) is 0 Å². The summed E-state index contributed by atoms with van der Waals surface area (Å²) in [6, 6.07) is 1.54. The number of likely N-dealkylation sites (tertiary alicyclic amines) is 1. The summed E-state index contributed by atoms with van der Waals surface area (Å²) in [6.07, 6.45) is 4.34. The van der Waals surface area contributed by atoms with E-state index in [1.54, 1.807) is 0 Å². The van der Waals surface area contributed by atoms with E-state index in [4.69, 9.17) is 0 Å². The van der Waals surface area contributed by atoms with Crippen LogP contribution in [0.5, 0.6) is 0 Å². The Balaban J connectivity index is 1.57. The summed E-state index contributed by atoms with van der Waals surface area (Å²) in [5.41, 5.74) is 0. The lowest BCUT2D eigenvalue weighted by Gasteiger charge is -2.43. The number of rotatable bonds is 5. The summed E-state index contributed by atoms with van der Waals surface area (Å²) in [6.45, 7) is 14.8. The SMILES string of the molecule is CCN1CCC(CN2CC(C3CC3)NCC2C(C)C)C1. The molecule has 0 amide bonds. The molecule has 0 aromatic rings. The molecule has 2 heterocycles. The highest BCUT2D eigenvalue weighted by Gasteiger charge is 2.38. The van der Waals surface area contributed by atoms with Crippen molar-refractivity contribution in [3.63, 3.8) is 0 Å². The smallest absolute Gasteiger partial charge is 0.0244 e. The first-order valence-corrected chi connectivity index (χ1v) is 8.87. The molecule has 3 rings (SSSR count). The fourth-order valence-corrected chi connectivity index (χ4v) is 4.22. The lowest BCUT2D eigenvalue weighted by molar-refractivity contribution is 0.0770. The van der Waals surface area contributed by atoms with Gasteiger partial charge in [0.15, 0.2) is 0 Å². The molecule has 3 heteroatoms. The molecule has 0 radical (unpaired) electrons. The van der Waals surface area contributed by atoms with Gasteiger partial charge in [0.1, 0.15) is 0 Å². The minimum absolute atomic E-state index is 0.751. The van der Waals surface area contributed by atoms with Gasteiger partial charge in [-0.15, -0.1) is 0 Å². The van der Waals surface area contributed by atoms with Gasteiger partial charge in [-0.1, -0.05) is 20.8 Å². The molecule has 1 saturated carbocycles. The molecule has 0 spiro atoms. The molecule has 1 N–H and O–H groups in total. The van der Waals surface area contributed by atoms with E-state index in [2.05, 4.69) is 35.9 Å². The van der Waals surface area contributed by atoms with E-state index in [-0.39, 0.29) is 0 Å². The zero-order valence-electron chi connectivity index (χ0n) is 13.6. The van der Waals surface area contributed by atoms with Crippen LogP contribution in [0.1, 0.15) is 40.0 Å². The largest absolute Gasteiger partial charge is 0.311 e. The number of piperazine rings is 1. The lowest BCUT2D eigenvalue weighted by Crippen LogP contribution is -2.59. The summed E-state index contributed by atoms with van der Waals surface area (Å²) in [4.78, 5) is 5.46. The van der Waals surface area contributed by atoms with Gasteiger partial charge in [-0.05, 0) is 50.1 Å². The van der Waals surface area contributed by atoms with Crippen molar-refractivity contribution in [1.82, 2.24) is 15.1 Å². The third-order valence-corrected chi connectivity index (χ3v) is 5.76. The van der Waals surface area contributed by atoms with Crippen molar-refractivity contribution in [2.45, 2.75) is 52.1 Å². The molecule has 2 aliphatic heterocycles. The minimum atomic E-state index is 0.751. The second-order valence-electron chi connectivity index (χ2n) is 7.67. The minimum Gasteiger partial charge on any atom is -0.311 e. The Kier molecular flexibility index (Phi) is 4.68. The van der Waals surface area contributed by atoms with Crippen molar-refractivity contribution in [3.8, 4) is 0 Å². The van der Waals surface area contributed by atoms with E-state index in [1.165, 1.54) is 58.5 Å². The van der Waals surface area contributed by atoms with Gasteiger partial charge in [0.2, 0.25) is 0 Å². The Morgan fingerprint density at radius 3 is 2.55 bits per heavy atom. The molecular weight excluding hydrogens is 246 g/mol. The van der Waals surface area contributed by atoms with Gasteiger partial charge in [-0.3, -0.25) is 4.90 Å². The van der Waals surface area contributed by atoms with Crippen molar-refractivity contribution >= 4 is 0 Å². The molecule has 2 saturated heterocycles. The maximum atomic E-state index is 3.84. The van der Waals surface area contributed by atoms with Crippen molar-refractivity contribution in [2.24, 2.45) is 17.8 Å². The van der Waals surface area contributed by atoms with E-state index in [1.807, 2.05) is 0 Å². The molecule has 0 aromatic carbocycles. The Morgan fingerprint density at radius 2 is 1.95 bits per heavy atom. The predicted molar refractivity (Wildman–Crippen MR) is 84.9 cm³/mol. The maximum absolute atomic E-state index is 3.84. The molecule has 116 valence electrons. The van der Waals surface area contributed by atoms with Crippen LogP contribution in [0.15, 0.2) is 0 Å². The Labute approximate surface area is 125 Å². The van der Waals surface area contributed by atoms with E-state index >= 15 is 0 Å². The highest BCUT2D eigenvalue weighted by atomic mass is 15.3. The first-order valence-electron chi connectivity index (χ1n) is 8.87. The average Bonchev–Trinajstić information content (AvgIpc) is 3.19. The van der Waals surface area contributed by atoms with Gasteiger partial charge in [0, 0.05) is 38.3 Å². The first-order chi connectivity index (χ1) is 9.67. The molecule has 3 aliphatic rings. The molecule has 3 nitrogen and oxygen atoms in total. The second-order valence-corrected chi connectivity index (χ2v) is 7.67.